The van der Waals surface area contributed by atoms with Crippen molar-refractivity contribution in [1.29, 1.82) is 0 Å². The minimum Gasteiger partial charge on any atom is -0.481 e. The summed E-state index contributed by atoms with van der Waals surface area (Å²) in [7, 11) is 0. The molecule has 2 aromatic rings. The second kappa shape index (κ2) is 5.93. The highest BCUT2D eigenvalue weighted by Gasteiger charge is 2.23. The number of benzene rings is 1. The summed E-state index contributed by atoms with van der Waals surface area (Å²) in [5, 5.41) is 9.34. The lowest BCUT2D eigenvalue weighted by atomic mass is 9.98. The summed E-state index contributed by atoms with van der Waals surface area (Å²) >= 11 is 3.35. The second-order valence-corrected chi connectivity index (χ2v) is 5.19. The van der Waals surface area contributed by atoms with Crippen LogP contribution in [0, 0.1) is 6.92 Å². The van der Waals surface area contributed by atoms with Gasteiger partial charge in [0.25, 0.3) is 0 Å². The van der Waals surface area contributed by atoms with E-state index in [9.17, 15) is 9.90 Å². The fourth-order valence-corrected chi connectivity index (χ4v) is 2.05. The first-order chi connectivity index (χ1) is 9.06. The molecule has 0 aliphatic heterocycles. The van der Waals surface area contributed by atoms with Gasteiger partial charge >= 0.3 is 5.97 Å². The van der Waals surface area contributed by atoms with Gasteiger partial charge in [0.1, 0.15) is 11.7 Å². The Kier molecular flexibility index (Phi) is 4.27. The van der Waals surface area contributed by atoms with E-state index in [0.29, 0.717) is 12.2 Å². The molecule has 0 saturated carbocycles. The van der Waals surface area contributed by atoms with Crippen LogP contribution in [0.2, 0.25) is 0 Å². The highest BCUT2D eigenvalue weighted by molar-refractivity contribution is 9.10. The molecule has 0 spiro atoms. The van der Waals surface area contributed by atoms with Crippen LogP contribution in [-0.4, -0.2) is 21.0 Å². The molecule has 2 rings (SSSR count). The van der Waals surface area contributed by atoms with Crippen LogP contribution in [0.1, 0.15) is 23.0 Å². The first kappa shape index (κ1) is 13.7. The van der Waals surface area contributed by atoms with E-state index in [0.717, 1.165) is 15.7 Å². The van der Waals surface area contributed by atoms with E-state index in [1.54, 1.807) is 12.3 Å². The topological polar surface area (TPSA) is 63.1 Å². The van der Waals surface area contributed by atoms with Crippen molar-refractivity contribution in [3.8, 4) is 0 Å². The number of carboxylic acid groups (broad SMARTS) is 1. The maximum atomic E-state index is 11.4. The fraction of sp³-hybridized carbons (Fsp3) is 0.214. The van der Waals surface area contributed by atoms with Crippen molar-refractivity contribution in [3.05, 3.63) is 58.1 Å². The Morgan fingerprint density at radius 2 is 2.00 bits per heavy atom. The molecule has 1 aromatic heterocycles. The van der Waals surface area contributed by atoms with Gasteiger partial charge in [-0.3, -0.25) is 4.79 Å². The lowest BCUT2D eigenvalue weighted by molar-refractivity contribution is -0.139. The Bertz CT molecular complexity index is 584. The van der Waals surface area contributed by atoms with Crippen LogP contribution >= 0.6 is 15.9 Å². The highest BCUT2D eigenvalue weighted by atomic mass is 79.9. The van der Waals surface area contributed by atoms with Crippen LogP contribution in [-0.2, 0) is 11.2 Å². The van der Waals surface area contributed by atoms with Gasteiger partial charge in [0.15, 0.2) is 0 Å². The predicted octanol–water partition coefficient (Wildman–Crippen LogP) is 2.96. The Morgan fingerprint density at radius 3 is 2.58 bits per heavy atom. The Balaban J connectivity index is 2.26. The number of aliphatic carboxylic acids is 1. The predicted molar refractivity (Wildman–Crippen MR) is 75.0 cm³/mol. The van der Waals surface area contributed by atoms with E-state index >= 15 is 0 Å². The molecule has 1 N–H and O–H groups in total. The van der Waals surface area contributed by atoms with Gasteiger partial charge in [-0.2, -0.15) is 0 Å². The van der Waals surface area contributed by atoms with Crippen molar-refractivity contribution in [2.45, 2.75) is 19.3 Å². The molecule has 19 heavy (non-hydrogen) atoms. The third-order valence-electron chi connectivity index (χ3n) is 2.78. The largest absolute Gasteiger partial charge is 0.481 e. The summed E-state index contributed by atoms with van der Waals surface area (Å²) in [4.78, 5) is 19.7. The molecule has 0 aliphatic carbocycles. The molecule has 0 saturated heterocycles. The van der Waals surface area contributed by atoms with Crippen molar-refractivity contribution < 1.29 is 9.90 Å². The molecule has 98 valence electrons. The van der Waals surface area contributed by atoms with Gasteiger partial charge in [-0.15, -0.1) is 0 Å². The van der Waals surface area contributed by atoms with Gasteiger partial charge in [0, 0.05) is 16.4 Å². The van der Waals surface area contributed by atoms with Crippen LogP contribution in [0.4, 0.5) is 0 Å². The van der Waals surface area contributed by atoms with Crippen LogP contribution in [0.5, 0.6) is 0 Å². The maximum Gasteiger partial charge on any atom is 0.314 e. The summed E-state index contributed by atoms with van der Waals surface area (Å²) in [6.07, 6.45) is 1.97. The molecule has 1 atom stereocenters. The molecular formula is C14H13BrN2O2. The van der Waals surface area contributed by atoms with Crippen molar-refractivity contribution in [2.24, 2.45) is 0 Å². The minimum absolute atomic E-state index is 0.357. The standard InChI is InChI=1S/C14H13BrN2O2/c1-9-6-7-16-13(17-9)12(14(18)19)8-10-2-4-11(15)5-3-10/h2-7,12H,8H2,1H3,(H,18,19). The van der Waals surface area contributed by atoms with Crippen LogP contribution in [0.3, 0.4) is 0 Å². The first-order valence-electron chi connectivity index (χ1n) is 5.83. The lowest BCUT2D eigenvalue weighted by Crippen LogP contribution is -2.17. The number of rotatable bonds is 4. The summed E-state index contributed by atoms with van der Waals surface area (Å²) in [6.45, 7) is 1.82. The highest BCUT2D eigenvalue weighted by Crippen LogP contribution is 2.20. The molecule has 0 aliphatic rings. The maximum absolute atomic E-state index is 11.4. The van der Waals surface area contributed by atoms with Gasteiger partial charge in [0.2, 0.25) is 0 Å². The van der Waals surface area contributed by atoms with Gasteiger partial charge in [0.05, 0.1) is 0 Å². The van der Waals surface area contributed by atoms with E-state index in [1.807, 2.05) is 31.2 Å². The molecule has 1 heterocycles. The van der Waals surface area contributed by atoms with E-state index in [-0.39, 0.29) is 0 Å². The Hall–Kier alpha value is -1.75. The van der Waals surface area contributed by atoms with Crippen molar-refractivity contribution >= 4 is 21.9 Å². The molecular weight excluding hydrogens is 308 g/mol. The SMILES string of the molecule is Cc1ccnc(C(Cc2ccc(Br)cc2)C(=O)O)n1. The average molecular weight is 321 g/mol. The number of aryl methyl sites for hydroxylation is 1. The Morgan fingerprint density at radius 1 is 1.32 bits per heavy atom. The first-order valence-corrected chi connectivity index (χ1v) is 6.62. The third-order valence-corrected chi connectivity index (χ3v) is 3.30. The minimum atomic E-state index is -0.909. The zero-order valence-electron chi connectivity index (χ0n) is 10.4. The van der Waals surface area contributed by atoms with Crippen LogP contribution in [0.25, 0.3) is 0 Å². The summed E-state index contributed by atoms with van der Waals surface area (Å²) in [5.41, 5.74) is 1.72. The number of nitrogens with zero attached hydrogens (tertiary/aromatic N) is 2. The normalized spacial score (nSPS) is 12.1. The number of carboxylic acids is 1. The van der Waals surface area contributed by atoms with Crippen LogP contribution < -0.4 is 0 Å². The van der Waals surface area contributed by atoms with E-state index < -0.39 is 11.9 Å². The fourth-order valence-electron chi connectivity index (χ4n) is 1.78. The monoisotopic (exact) mass is 320 g/mol. The summed E-state index contributed by atoms with van der Waals surface area (Å²) in [5.74, 6) is -1.27. The van der Waals surface area contributed by atoms with Crippen LogP contribution in [0.15, 0.2) is 41.0 Å². The van der Waals surface area contributed by atoms with Gasteiger partial charge in [-0.25, -0.2) is 9.97 Å². The van der Waals surface area contributed by atoms with Gasteiger partial charge in [-0.1, -0.05) is 28.1 Å². The second-order valence-electron chi connectivity index (χ2n) is 4.28. The zero-order valence-corrected chi connectivity index (χ0v) is 12.0. The average Bonchev–Trinajstić information content (AvgIpc) is 2.37. The smallest absolute Gasteiger partial charge is 0.314 e. The van der Waals surface area contributed by atoms with Crippen molar-refractivity contribution in [1.82, 2.24) is 9.97 Å². The number of carbonyl (C=O) groups is 1. The molecule has 1 unspecified atom stereocenters. The molecule has 1 aromatic carbocycles. The summed E-state index contributed by atoms with van der Waals surface area (Å²) in [6, 6.07) is 9.34. The van der Waals surface area contributed by atoms with Gasteiger partial charge in [-0.05, 0) is 37.1 Å². The van der Waals surface area contributed by atoms with E-state index in [1.165, 1.54) is 0 Å². The van der Waals surface area contributed by atoms with Crippen molar-refractivity contribution in [2.75, 3.05) is 0 Å². The molecule has 4 nitrogen and oxygen atoms in total. The third kappa shape index (κ3) is 3.61. The molecule has 0 fully saturated rings. The molecule has 0 radical (unpaired) electrons. The summed E-state index contributed by atoms with van der Waals surface area (Å²) < 4.78 is 0.968. The molecule has 0 bridgehead atoms. The van der Waals surface area contributed by atoms with Crippen molar-refractivity contribution in [3.63, 3.8) is 0 Å². The quantitative estimate of drug-likeness (QED) is 0.940. The number of hydrogen-bond donors (Lipinski definition) is 1. The van der Waals surface area contributed by atoms with E-state index in [4.69, 9.17) is 0 Å². The zero-order chi connectivity index (χ0) is 13.8. The number of hydrogen-bond acceptors (Lipinski definition) is 3. The molecule has 5 heteroatoms. The van der Waals surface area contributed by atoms with Gasteiger partial charge < -0.3 is 5.11 Å². The number of aromatic nitrogens is 2. The molecule has 0 amide bonds. The van der Waals surface area contributed by atoms with E-state index in [2.05, 4.69) is 25.9 Å². The number of halogens is 1. The lowest BCUT2D eigenvalue weighted by Gasteiger charge is -2.11. The Labute approximate surface area is 119 Å².